The van der Waals surface area contributed by atoms with Crippen LogP contribution in [0, 0.1) is 6.92 Å². The lowest BCUT2D eigenvalue weighted by molar-refractivity contribution is 0.216. The Balaban J connectivity index is 1.44. The molecule has 0 saturated carbocycles. The third kappa shape index (κ3) is 4.40. The summed E-state index contributed by atoms with van der Waals surface area (Å²) in [5.74, 6) is 2.69. The molecule has 0 aliphatic carbocycles. The maximum atomic E-state index is 6.16. The maximum absolute atomic E-state index is 6.16. The summed E-state index contributed by atoms with van der Waals surface area (Å²) in [6.07, 6.45) is 2.68. The van der Waals surface area contributed by atoms with Gasteiger partial charge in [-0.05, 0) is 55.0 Å². The van der Waals surface area contributed by atoms with Gasteiger partial charge in [0.1, 0.15) is 16.9 Å². The van der Waals surface area contributed by atoms with Crippen molar-refractivity contribution < 1.29 is 14.2 Å². The van der Waals surface area contributed by atoms with Crippen molar-refractivity contribution >= 4 is 17.3 Å². The van der Waals surface area contributed by atoms with Gasteiger partial charge < -0.3 is 19.1 Å². The smallest absolute Gasteiger partial charge is 0.232 e. The molecule has 0 radical (unpaired) electrons. The lowest BCUT2D eigenvalue weighted by Crippen LogP contribution is -2.25. The van der Waals surface area contributed by atoms with Crippen LogP contribution in [0.4, 0.5) is 5.69 Å². The van der Waals surface area contributed by atoms with E-state index in [1.807, 2.05) is 36.4 Å². The average Bonchev–Trinajstić information content (AvgIpc) is 3.18. The van der Waals surface area contributed by atoms with Gasteiger partial charge in [-0.15, -0.1) is 0 Å². The Bertz CT molecular complexity index is 995. The average molecular weight is 411 g/mol. The summed E-state index contributed by atoms with van der Waals surface area (Å²) in [7, 11) is 1.64. The number of aromatic nitrogens is 1. The van der Waals surface area contributed by atoms with Crippen molar-refractivity contribution in [3.8, 4) is 23.1 Å². The predicted octanol–water partition coefficient (Wildman–Crippen LogP) is 5.50. The minimum Gasteiger partial charge on any atom is -0.493 e. The molecule has 5 nitrogen and oxygen atoms in total. The highest BCUT2D eigenvalue weighted by Gasteiger charge is 2.26. The summed E-state index contributed by atoms with van der Waals surface area (Å²) in [6, 6.07) is 17.3. The van der Waals surface area contributed by atoms with Crippen LogP contribution in [-0.2, 0) is 0 Å². The standard InChI is InChI=1S/C23H23ClN2O3/c1-16-14-17(28-22-8-4-3-7-21(22)27-2)9-10-20(16)26-13-11-18(15-26)29-23-19(24)6-5-12-25-23/h3-10,12,14,18H,11,13,15H2,1-2H3. The van der Waals surface area contributed by atoms with E-state index < -0.39 is 0 Å². The predicted molar refractivity (Wildman–Crippen MR) is 115 cm³/mol. The summed E-state index contributed by atoms with van der Waals surface area (Å²) < 4.78 is 17.4. The van der Waals surface area contributed by atoms with Crippen LogP contribution in [0.1, 0.15) is 12.0 Å². The Labute approximate surface area is 175 Å². The number of ether oxygens (including phenoxy) is 3. The minimum atomic E-state index is 0.0614. The second-order valence-electron chi connectivity index (χ2n) is 6.97. The molecule has 3 aromatic rings. The summed E-state index contributed by atoms with van der Waals surface area (Å²) in [6.45, 7) is 3.80. The van der Waals surface area contributed by atoms with E-state index in [-0.39, 0.29) is 6.10 Å². The zero-order valence-corrected chi connectivity index (χ0v) is 17.2. The number of pyridine rings is 1. The first-order valence-electron chi connectivity index (χ1n) is 9.57. The highest BCUT2D eigenvalue weighted by Crippen LogP contribution is 2.34. The summed E-state index contributed by atoms with van der Waals surface area (Å²) in [4.78, 5) is 6.55. The molecular formula is C23H23ClN2O3. The van der Waals surface area contributed by atoms with Gasteiger partial charge in [0.25, 0.3) is 0 Å². The summed E-state index contributed by atoms with van der Waals surface area (Å²) >= 11 is 6.16. The van der Waals surface area contributed by atoms with Gasteiger partial charge in [0.05, 0.1) is 13.7 Å². The highest BCUT2D eigenvalue weighted by atomic mass is 35.5. The number of anilines is 1. The van der Waals surface area contributed by atoms with Gasteiger partial charge in [-0.3, -0.25) is 0 Å². The van der Waals surface area contributed by atoms with Crippen LogP contribution in [0.25, 0.3) is 0 Å². The minimum absolute atomic E-state index is 0.0614. The van der Waals surface area contributed by atoms with Crippen LogP contribution in [-0.4, -0.2) is 31.3 Å². The fourth-order valence-electron chi connectivity index (χ4n) is 3.54. The van der Waals surface area contributed by atoms with E-state index in [9.17, 15) is 0 Å². The van der Waals surface area contributed by atoms with E-state index in [1.165, 1.54) is 5.69 Å². The van der Waals surface area contributed by atoms with Crippen molar-refractivity contribution in [2.75, 3.05) is 25.1 Å². The van der Waals surface area contributed by atoms with Gasteiger partial charge in [-0.25, -0.2) is 4.98 Å². The van der Waals surface area contributed by atoms with Gasteiger partial charge in [-0.2, -0.15) is 0 Å². The third-order valence-electron chi connectivity index (χ3n) is 4.95. The maximum Gasteiger partial charge on any atom is 0.232 e. The zero-order valence-electron chi connectivity index (χ0n) is 16.5. The molecule has 4 rings (SSSR count). The van der Waals surface area contributed by atoms with Crippen LogP contribution in [0.15, 0.2) is 60.8 Å². The topological polar surface area (TPSA) is 43.8 Å². The van der Waals surface area contributed by atoms with Crippen molar-refractivity contribution in [3.05, 3.63) is 71.4 Å². The SMILES string of the molecule is COc1ccccc1Oc1ccc(N2CCC(Oc3ncccc3Cl)C2)c(C)c1. The van der Waals surface area contributed by atoms with Crippen molar-refractivity contribution in [2.45, 2.75) is 19.4 Å². The molecule has 1 saturated heterocycles. The molecule has 0 bridgehead atoms. The fourth-order valence-corrected chi connectivity index (χ4v) is 3.70. The van der Waals surface area contributed by atoms with Crippen molar-refractivity contribution in [1.82, 2.24) is 4.98 Å². The molecule has 0 amide bonds. The van der Waals surface area contributed by atoms with Gasteiger partial charge >= 0.3 is 0 Å². The Morgan fingerprint density at radius 3 is 2.66 bits per heavy atom. The molecule has 0 spiro atoms. The number of rotatable bonds is 6. The molecule has 1 fully saturated rings. The quantitative estimate of drug-likeness (QED) is 0.536. The van der Waals surface area contributed by atoms with Crippen molar-refractivity contribution in [1.29, 1.82) is 0 Å². The third-order valence-corrected chi connectivity index (χ3v) is 5.24. The molecule has 1 unspecified atom stereocenters. The van der Waals surface area contributed by atoms with Gasteiger partial charge in [0.2, 0.25) is 5.88 Å². The molecule has 1 atom stereocenters. The first-order valence-corrected chi connectivity index (χ1v) is 9.95. The number of halogens is 1. The van der Waals surface area contributed by atoms with Gasteiger partial charge in [-0.1, -0.05) is 23.7 Å². The van der Waals surface area contributed by atoms with Crippen LogP contribution in [0.2, 0.25) is 5.02 Å². The molecule has 1 aliphatic heterocycles. The van der Waals surface area contributed by atoms with E-state index >= 15 is 0 Å². The Morgan fingerprint density at radius 1 is 1.07 bits per heavy atom. The van der Waals surface area contributed by atoms with Crippen LogP contribution in [0.3, 0.4) is 0 Å². The molecule has 150 valence electrons. The first-order chi connectivity index (χ1) is 14.1. The highest BCUT2D eigenvalue weighted by molar-refractivity contribution is 6.31. The number of benzene rings is 2. The molecule has 1 aliphatic rings. The second kappa shape index (κ2) is 8.62. The molecule has 6 heteroatoms. The van der Waals surface area contributed by atoms with Crippen LogP contribution >= 0.6 is 11.6 Å². The van der Waals surface area contributed by atoms with E-state index in [0.717, 1.165) is 30.8 Å². The summed E-state index contributed by atoms with van der Waals surface area (Å²) in [5, 5.41) is 0.542. The summed E-state index contributed by atoms with van der Waals surface area (Å²) in [5.41, 5.74) is 2.32. The van der Waals surface area contributed by atoms with E-state index in [0.29, 0.717) is 22.4 Å². The molecule has 0 N–H and O–H groups in total. The number of methoxy groups -OCH3 is 1. The number of para-hydroxylation sites is 2. The van der Waals surface area contributed by atoms with Crippen molar-refractivity contribution in [2.24, 2.45) is 0 Å². The Hall–Kier alpha value is -2.92. The van der Waals surface area contributed by atoms with Crippen LogP contribution in [0.5, 0.6) is 23.1 Å². The molecule has 29 heavy (non-hydrogen) atoms. The largest absolute Gasteiger partial charge is 0.493 e. The van der Waals surface area contributed by atoms with Gasteiger partial charge in [0.15, 0.2) is 11.5 Å². The lowest BCUT2D eigenvalue weighted by Gasteiger charge is -2.22. The number of hydrogen-bond donors (Lipinski definition) is 0. The molecule has 2 heterocycles. The second-order valence-corrected chi connectivity index (χ2v) is 7.37. The normalized spacial score (nSPS) is 16.0. The van der Waals surface area contributed by atoms with E-state index in [2.05, 4.69) is 22.9 Å². The zero-order chi connectivity index (χ0) is 20.2. The first kappa shape index (κ1) is 19.4. The van der Waals surface area contributed by atoms with Gasteiger partial charge in [0, 0.05) is 24.8 Å². The molecule has 1 aromatic heterocycles. The Morgan fingerprint density at radius 2 is 1.90 bits per heavy atom. The van der Waals surface area contributed by atoms with Crippen LogP contribution < -0.4 is 19.1 Å². The van der Waals surface area contributed by atoms with E-state index in [4.69, 9.17) is 25.8 Å². The monoisotopic (exact) mass is 410 g/mol. The Kier molecular flexibility index (Phi) is 5.76. The number of nitrogens with zero attached hydrogens (tertiary/aromatic N) is 2. The molecular weight excluding hydrogens is 388 g/mol. The lowest BCUT2D eigenvalue weighted by atomic mass is 10.1. The van der Waals surface area contributed by atoms with E-state index in [1.54, 1.807) is 25.4 Å². The number of aryl methyl sites for hydroxylation is 1. The fraction of sp³-hybridized carbons (Fsp3) is 0.261. The number of hydrogen-bond acceptors (Lipinski definition) is 5. The van der Waals surface area contributed by atoms with Crippen molar-refractivity contribution in [3.63, 3.8) is 0 Å². The molecule has 2 aromatic carbocycles.